The number of para-hydroxylation sites is 1. The first-order valence-corrected chi connectivity index (χ1v) is 4.88. The summed E-state index contributed by atoms with van der Waals surface area (Å²) in [6.07, 6.45) is 1.89. The van der Waals surface area contributed by atoms with Gasteiger partial charge in [0.05, 0.1) is 5.71 Å². The minimum atomic E-state index is -0.0424. The van der Waals surface area contributed by atoms with Gasteiger partial charge < -0.3 is 16.5 Å². The predicted molar refractivity (Wildman–Crippen MR) is 66.3 cm³/mol. The number of nitrogens with zero attached hydrogens (tertiary/aromatic N) is 2. The van der Waals surface area contributed by atoms with Gasteiger partial charge in [-0.3, -0.25) is 0 Å². The molecule has 0 saturated carbocycles. The topological polar surface area (TPSA) is 92.5 Å². The summed E-state index contributed by atoms with van der Waals surface area (Å²) < 4.78 is 0. The number of fused-ring (bicyclic) bond motifs is 1. The number of hydrogen-bond donors (Lipinski definition) is 3. The van der Waals surface area contributed by atoms with E-state index in [0.717, 1.165) is 22.2 Å². The Morgan fingerprint density at radius 3 is 2.69 bits per heavy atom. The van der Waals surface area contributed by atoms with E-state index in [1.807, 2.05) is 37.4 Å². The lowest BCUT2D eigenvalue weighted by molar-refractivity contribution is 1.20. The number of rotatable bonds is 2. The second-order valence-electron chi connectivity index (χ2n) is 3.46. The number of aromatic nitrogens is 1. The van der Waals surface area contributed by atoms with Gasteiger partial charge in [0.15, 0.2) is 0 Å². The Kier molecular flexibility index (Phi) is 2.59. The summed E-state index contributed by atoms with van der Waals surface area (Å²) in [4.78, 5) is 3.16. The zero-order chi connectivity index (χ0) is 11.5. The highest BCUT2D eigenvalue weighted by atomic mass is 15.3. The van der Waals surface area contributed by atoms with Gasteiger partial charge >= 0.3 is 0 Å². The smallest absolute Gasteiger partial charge is 0.211 e. The molecule has 5 nitrogen and oxygen atoms in total. The van der Waals surface area contributed by atoms with Gasteiger partial charge in [-0.1, -0.05) is 18.2 Å². The van der Waals surface area contributed by atoms with Gasteiger partial charge in [-0.05, 0) is 13.0 Å². The molecule has 0 fully saturated rings. The van der Waals surface area contributed by atoms with E-state index >= 15 is 0 Å². The molecule has 0 saturated heterocycles. The van der Waals surface area contributed by atoms with E-state index in [0.29, 0.717) is 0 Å². The molecule has 0 unspecified atom stereocenters. The zero-order valence-electron chi connectivity index (χ0n) is 8.94. The summed E-state index contributed by atoms with van der Waals surface area (Å²) in [6.45, 7) is 1.86. The Morgan fingerprint density at radius 1 is 1.19 bits per heavy atom. The number of benzene rings is 1. The maximum Gasteiger partial charge on any atom is 0.211 e. The third-order valence-corrected chi connectivity index (χ3v) is 2.29. The first-order chi connectivity index (χ1) is 7.68. The van der Waals surface area contributed by atoms with Crippen LogP contribution in [0, 0.1) is 0 Å². The van der Waals surface area contributed by atoms with Crippen molar-refractivity contribution in [3.8, 4) is 0 Å². The van der Waals surface area contributed by atoms with E-state index in [2.05, 4.69) is 15.2 Å². The third kappa shape index (κ3) is 1.88. The van der Waals surface area contributed by atoms with Crippen molar-refractivity contribution in [2.45, 2.75) is 6.92 Å². The fraction of sp³-hybridized carbons (Fsp3) is 0.0909. The van der Waals surface area contributed by atoms with Crippen molar-refractivity contribution < 1.29 is 0 Å². The molecule has 5 N–H and O–H groups in total. The van der Waals surface area contributed by atoms with Gasteiger partial charge in [-0.15, -0.1) is 5.10 Å². The zero-order valence-corrected chi connectivity index (χ0v) is 8.94. The van der Waals surface area contributed by atoms with E-state index in [9.17, 15) is 0 Å². The summed E-state index contributed by atoms with van der Waals surface area (Å²) in [7, 11) is 0. The largest absolute Gasteiger partial charge is 0.369 e. The number of hydrogen-bond acceptors (Lipinski definition) is 2. The minimum Gasteiger partial charge on any atom is -0.369 e. The first-order valence-electron chi connectivity index (χ1n) is 4.88. The van der Waals surface area contributed by atoms with Crippen LogP contribution in [0.2, 0.25) is 0 Å². The molecule has 16 heavy (non-hydrogen) atoms. The molecule has 1 aromatic heterocycles. The van der Waals surface area contributed by atoms with Crippen LogP contribution in [0.3, 0.4) is 0 Å². The van der Waals surface area contributed by atoms with E-state index in [4.69, 9.17) is 11.5 Å². The lowest BCUT2D eigenvalue weighted by Crippen LogP contribution is -2.22. The highest BCUT2D eigenvalue weighted by molar-refractivity contribution is 6.09. The van der Waals surface area contributed by atoms with Crippen molar-refractivity contribution >= 4 is 22.6 Å². The van der Waals surface area contributed by atoms with Gasteiger partial charge in [0.25, 0.3) is 0 Å². The number of H-pyrrole nitrogens is 1. The first kappa shape index (κ1) is 10.2. The Bertz CT molecular complexity index is 561. The van der Waals surface area contributed by atoms with Gasteiger partial charge in [-0.25, -0.2) is 0 Å². The van der Waals surface area contributed by atoms with Crippen LogP contribution in [0.1, 0.15) is 12.5 Å². The van der Waals surface area contributed by atoms with Crippen LogP contribution in [0.4, 0.5) is 0 Å². The Balaban J connectivity index is 2.48. The van der Waals surface area contributed by atoms with E-state index in [1.54, 1.807) is 0 Å². The molecule has 0 atom stereocenters. The van der Waals surface area contributed by atoms with Crippen molar-refractivity contribution in [2.24, 2.45) is 21.7 Å². The lowest BCUT2D eigenvalue weighted by Gasteiger charge is -1.95. The molecule has 0 aliphatic heterocycles. The van der Waals surface area contributed by atoms with Crippen LogP contribution in [0.5, 0.6) is 0 Å². The van der Waals surface area contributed by atoms with Gasteiger partial charge in [-0.2, -0.15) is 5.10 Å². The average Bonchev–Trinajstić information content (AvgIpc) is 2.69. The fourth-order valence-corrected chi connectivity index (χ4v) is 1.56. The van der Waals surface area contributed by atoms with Crippen LogP contribution in [-0.4, -0.2) is 16.7 Å². The number of nitrogens with two attached hydrogens (primary N) is 2. The monoisotopic (exact) mass is 215 g/mol. The van der Waals surface area contributed by atoms with Gasteiger partial charge in [0.2, 0.25) is 5.96 Å². The molecule has 1 heterocycles. The number of aromatic amines is 1. The molecular weight excluding hydrogens is 202 g/mol. The maximum absolute atomic E-state index is 5.22. The van der Waals surface area contributed by atoms with E-state index in [-0.39, 0.29) is 5.96 Å². The minimum absolute atomic E-state index is 0.0424. The quantitative estimate of drug-likeness (QED) is 0.398. The molecule has 1 aromatic carbocycles. The molecule has 0 amide bonds. The second kappa shape index (κ2) is 4.06. The summed E-state index contributed by atoms with van der Waals surface area (Å²) in [6, 6.07) is 7.99. The Hall–Kier alpha value is -2.30. The maximum atomic E-state index is 5.22. The van der Waals surface area contributed by atoms with Crippen LogP contribution in [0.25, 0.3) is 10.9 Å². The molecule has 0 spiro atoms. The molecule has 2 rings (SSSR count). The van der Waals surface area contributed by atoms with Crippen molar-refractivity contribution in [3.63, 3.8) is 0 Å². The average molecular weight is 215 g/mol. The summed E-state index contributed by atoms with van der Waals surface area (Å²) in [5.74, 6) is -0.0424. The molecular formula is C11H13N5. The third-order valence-electron chi connectivity index (χ3n) is 2.29. The molecule has 0 bridgehead atoms. The van der Waals surface area contributed by atoms with Crippen molar-refractivity contribution in [1.29, 1.82) is 0 Å². The molecule has 82 valence electrons. The Morgan fingerprint density at radius 2 is 1.94 bits per heavy atom. The normalized spacial score (nSPS) is 11.7. The van der Waals surface area contributed by atoms with Crippen molar-refractivity contribution in [3.05, 3.63) is 36.0 Å². The fourth-order valence-electron chi connectivity index (χ4n) is 1.56. The second-order valence-corrected chi connectivity index (χ2v) is 3.46. The Labute approximate surface area is 92.9 Å². The van der Waals surface area contributed by atoms with Gasteiger partial charge in [0, 0.05) is 22.7 Å². The highest BCUT2D eigenvalue weighted by Gasteiger charge is 2.05. The summed E-state index contributed by atoms with van der Waals surface area (Å²) >= 11 is 0. The van der Waals surface area contributed by atoms with Crippen molar-refractivity contribution in [1.82, 2.24) is 4.98 Å². The summed E-state index contributed by atoms with van der Waals surface area (Å²) in [5.41, 5.74) is 13.3. The number of nitrogens with one attached hydrogen (secondary N) is 1. The van der Waals surface area contributed by atoms with E-state index < -0.39 is 0 Å². The summed E-state index contributed by atoms with van der Waals surface area (Å²) in [5, 5.41) is 8.69. The van der Waals surface area contributed by atoms with Crippen LogP contribution >= 0.6 is 0 Å². The van der Waals surface area contributed by atoms with Crippen molar-refractivity contribution in [2.75, 3.05) is 0 Å². The molecule has 5 heteroatoms. The van der Waals surface area contributed by atoms with Crippen LogP contribution in [-0.2, 0) is 0 Å². The SMILES string of the molecule is C/C(=N/N=C(N)N)c1c[nH]c2ccccc12. The number of guanidine groups is 1. The molecule has 2 aromatic rings. The lowest BCUT2D eigenvalue weighted by atomic mass is 10.1. The predicted octanol–water partition coefficient (Wildman–Crippen LogP) is 1.17. The molecule has 0 radical (unpaired) electrons. The highest BCUT2D eigenvalue weighted by Crippen LogP contribution is 2.18. The molecule has 0 aliphatic carbocycles. The van der Waals surface area contributed by atoms with E-state index in [1.165, 1.54) is 0 Å². The standard InChI is InChI=1S/C11H13N5/c1-7(15-16-11(12)13)9-6-14-10-5-3-2-4-8(9)10/h2-6,14H,1H3,(H4,12,13,16)/b15-7-. The van der Waals surface area contributed by atoms with Crippen LogP contribution < -0.4 is 11.5 Å². The molecule has 0 aliphatic rings. The van der Waals surface area contributed by atoms with Crippen LogP contribution in [0.15, 0.2) is 40.7 Å². The van der Waals surface area contributed by atoms with Gasteiger partial charge in [0.1, 0.15) is 0 Å².